The highest BCUT2D eigenvalue weighted by atomic mass is 19.4. The quantitative estimate of drug-likeness (QED) is 0.509. The van der Waals surface area contributed by atoms with Gasteiger partial charge in [0.25, 0.3) is 0 Å². The molecule has 0 aliphatic heterocycles. The lowest BCUT2D eigenvalue weighted by Gasteiger charge is -2.09. The number of hydrogen-bond acceptors (Lipinski definition) is 2. The molecule has 84 valence electrons. The topological polar surface area (TPSA) is 25.8 Å². The molecule has 1 heterocycles. The molecule has 0 aliphatic carbocycles. The third-order valence-electron chi connectivity index (χ3n) is 1.24. The summed E-state index contributed by atoms with van der Waals surface area (Å²) in [5.41, 5.74) is -1.97. The molecule has 0 amide bonds. The van der Waals surface area contributed by atoms with Gasteiger partial charge >= 0.3 is 12.4 Å². The van der Waals surface area contributed by atoms with Crippen molar-refractivity contribution < 1.29 is 30.7 Å². The van der Waals surface area contributed by atoms with E-state index in [9.17, 15) is 30.7 Å². The summed E-state index contributed by atoms with van der Waals surface area (Å²) in [7, 11) is 0. The van der Waals surface area contributed by atoms with E-state index in [-0.39, 0.29) is 6.07 Å². The molecule has 15 heavy (non-hydrogen) atoms. The normalized spacial score (nSPS) is 13.0. The molecule has 0 fully saturated rings. The van der Waals surface area contributed by atoms with Gasteiger partial charge in [-0.25, -0.2) is 4.98 Å². The van der Waals surface area contributed by atoms with Gasteiger partial charge in [-0.05, 0) is 0 Å². The average Bonchev–Trinajstić information content (AvgIpc) is 1.99. The summed E-state index contributed by atoms with van der Waals surface area (Å²) >= 11 is 0. The van der Waals surface area contributed by atoms with Gasteiger partial charge in [0.1, 0.15) is 0 Å². The number of halogens is 7. The lowest BCUT2D eigenvalue weighted by atomic mass is 10.4. The van der Waals surface area contributed by atoms with Gasteiger partial charge in [-0.15, -0.1) is 0 Å². The van der Waals surface area contributed by atoms with Gasteiger partial charge in [0.2, 0.25) is 11.8 Å². The Morgan fingerprint density at radius 3 is 1.80 bits per heavy atom. The second-order valence-electron chi connectivity index (χ2n) is 2.40. The lowest BCUT2D eigenvalue weighted by Crippen LogP contribution is -2.17. The Labute approximate surface area is 77.8 Å². The maximum absolute atomic E-state index is 12.3. The van der Waals surface area contributed by atoms with Gasteiger partial charge in [0.15, 0.2) is 5.69 Å². The first-order valence-electron chi connectivity index (χ1n) is 3.29. The summed E-state index contributed by atoms with van der Waals surface area (Å²) in [6.45, 7) is 0. The second-order valence-corrected chi connectivity index (χ2v) is 2.40. The predicted molar refractivity (Wildman–Crippen MR) is 32.0 cm³/mol. The lowest BCUT2D eigenvalue weighted by molar-refractivity contribution is -0.153. The van der Waals surface area contributed by atoms with Crippen LogP contribution in [-0.4, -0.2) is 9.97 Å². The number of aromatic nitrogens is 2. The summed E-state index contributed by atoms with van der Waals surface area (Å²) in [5.74, 6) is -4.04. The van der Waals surface area contributed by atoms with Crippen molar-refractivity contribution >= 4 is 0 Å². The summed E-state index contributed by atoms with van der Waals surface area (Å²) in [6.07, 6.45) is -10.4. The number of hydrogen-bond donors (Lipinski definition) is 0. The molecule has 1 aromatic rings. The van der Waals surface area contributed by atoms with Gasteiger partial charge in [0.05, 0.1) is 0 Å². The molecule has 0 bridgehead atoms. The van der Waals surface area contributed by atoms with Gasteiger partial charge in [-0.3, -0.25) is 0 Å². The van der Waals surface area contributed by atoms with Crippen LogP contribution in [0.15, 0.2) is 6.07 Å². The van der Waals surface area contributed by atoms with Crippen molar-refractivity contribution in [2.75, 3.05) is 0 Å². The third-order valence-corrected chi connectivity index (χ3v) is 1.24. The Kier molecular flexibility index (Phi) is 2.58. The number of nitrogens with zero attached hydrogens (tertiary/aromatic N) is 2. The monoisotopic (exact) mass is 234 g/mol. The van der Waals surface area contributed by atoms with Crippen LogP contribution in [-0.2, 0) is 12.4 Å². The highest BCUT2D eigenvalue weighted by Gasteiger charge is 2.40. The third kappa shape index (κ3) is 2.77. The average molecular weight is 234 g/mol. The summed E-state index contributed by atoms with van der Waals surface area (Å²) in [5, 5.41) is 0. The molecule has 0 atom stereocenters. The van der Waals surface area contributed by atoms with E-state index in [2.05, 4.69) is 9.97 Å². The van der Waals surface area contributed by atoms with Crippen molar-refractivity contribution in [1.29, 1.82) is 0 Å². The minimum atomic E-state index is -5.22. The minimum Gasteiger partial charge on any atom is -0.220 e. The van der Waals surface area contributed by atoms with Crippen molar-refractivity contribution in [2.45, 2.75) is 12.4 Å². The fourth-order valence-corrected chi connectivity index (χ4v) is 0.690. The van der Waals surface area contributed by atoms with E-state index in [1.165, 1.54) is 0 Å². The highest BCUT2D eigenvalue weighted by molar-refractivity contribution is 5.08. The zero-order chi connectivity index (χ0) is 11.9. The number of alkyl halides is 6. The van der Waals surface area contributed by atoms with E-state index in [1.807, 2.05) is 0 Å². The van der Waals surface area contributed by atoms with E-state index in [4.69, 9.17) is 0 Å². The highest BCUT2D eigenvalue weighted by Crippen LogP contribution is 2.31. The SMILES string of the molecule is Fc1cc(C(F)(F)F)nc(C(F)(F)F)n1. The Morgan fingerprint density at radius 1 is 0.867 bits per heavy atom. The Hall–Kier alpha value is -1.41. The van der Waals surface area contributed by atoms with Crippen molar-refractivity contribution in [3.05, 3.63) is 23.5 Å². The molecular weight excluding hydrogens is 233 g/mol. The molecule has 0 spiro atoms. The van der Waals surface area contributed by atoms with Crippen LogP contribution >= 0.6 is 0 Å². The van der Waals surface area contributed by atoms with Crippen molar-refractivity contribution in [3.8, 4) is 0 Å². The van der Waals surface area contributed by atoms with Crippen LogP contribution in [0.5, 0.6) is 0 Å². The maximum atomic E-state index is 12.3. The van der Waals surface area contributed by atoms with E-state index >= 15 is 0 Å². The van der Waals surface area contributed by atoms with E-state index in [1.54, 1.807) is 0 Å². The Balaban J connectivity index is 3.30. The van der Waals surface area contributed by atoms with E-state index < -0.39 is 29.8 Å². The van der Waals surface area contributed by atoms with Crippen molar-refractivity contribution in [3.63, 3.8) is 0 Å². The van der Waals surface area contributed by atoms with Crippen LogP contribution in [0, 0.1) is 5.95 Å². The van der Waals surface area contributed by atoms with Gasteiger partial charge in [-0.1, -0.05) is 0 Å². The van der Waals surface area contributed by atoms with E-state index in [0.717, 1.165) is 0 Å². The molecule has 0 aliphatic rings. The molecule has 0 aromatic carbocycles. The molecule has 0 unspecified atom stereocenters. The number of rotatable bonds is 0. The molecule has 0 radical (unpaired) electrons. The fourth-order valence-electron chi connectivity index (χ4n) is 0.690. The molecule has 1 rings (SSSR count). The minimum absolute atomic E-state index is 0.213. The summed E-state index contributed by atoms with van der Waals surface area (Å²) < 4.78 is 83.7. The smallest absolute Gasteiger partial charge is 0.220 e. The van der Waals surface area contributed by atoms with Gasteiger partial charge in [-0.2, -0.15) is 35.7 Å². The fraction of sp³-hybridized carbons (Fsp3) is 0.333. The Bertz CT molecular complexity index is 334. The molecule has 2 nitrogen and oxygen atoms in total. The zero-order valence-electron chi connectivity index (χ0n) is 6.62. The summed E-state index contributed by atoms with van der Waals surface area (Å²) in [4.78, 5) is 4.39. The molecule has 0 saturated carbocycles. The van der Waals surface area contributed by atoms with Crippen molar-refractivity contribution in [1.82, 2.24) is 9.97 Å². The standard InChI is InChI=1S/C6HF7N2/c7-3-1-2(5(8,9)10)14-4(15-3)6(11,12)13/h1H. The molecule has 1 aromatic heterocycles. The van der Waals surface area contributed by atoms with Crippen LogP contribution in [0.4, 0.5) is 30.7 Å². The van der Waals surface area contributed by atoms with Crippen LogP contribution in [0.2, 0.25) is 0 Å². The van der Waals surface area contributed by atoms with Gasteiger partial charge in [0, 0.05) is 6.07 Å². The first-order chi connectivity index (χ1) is 6.60. The largest absolute Gasteiger partial charge is 0.451 e. The Morgan fingerprint density at radius 2 is 1.40 bits per heavy atom. The molecule has 0 saturated heterocycles. The molecule has 0 N–H and O–H groups in total. The van der Waals surface area contributed by atoms with Crippen molar-refractivity contribution in [2.24, 2.45) is 0 Å². The molecular formula is C6HF7N2. The second kappa shape index (κ2) is 3.31. The van der Waals surface area contributed by atoms with Crippen LogP contribution in [0.1, 0.15) is 11.5 Å². The van der Waals surface area contributed by atoms with Gasteiger partial charge < -0.3 is 0 Å². The first kappa shape index (κ1) is 11.7. The summed E-state index contributed by atoms with van der Waals surface area (Å²) in [6, 6.07) is -0.213. The first-order valence-corrected chi connectivity index (χ1v) is 3.29. The van der Waals surface area contributed by atoms with Crippen LogP contribution in [0.3, 0.4) is 0 Å². The zero-order valence-corrected chi connectivity index (χ0v) is 6.62. The van der Waals surface area contributed by atoms with Crippen LogP contribution < -0.4 is 0 Å². The molecule has 9 heteroatoms. The van der Waals surface area contributed by atoms with Crippen LogP contribution in [0.25, 0.3) is 0 Å². The predicted octanol–water partition coefficient (Wildman–Crippen LogP) is 2.65. The van der Waals surface area contributed by atoms with E-state index in [0.29, 0.717) is 0 Å². The maximum Gasteiger partial charge on any atom is 0.451 e.